The van der Waals surface area contributed by atoms with Gasteiger partial charge in [-0.15, -0.1) is 0 Å². The summed E-state index contributed by atoms with van der Waals surface area (Å²) in [6.45, 7) is 2.52. The molecule has 0 saturated carbocycles. The number of ether oxygens (including phenoxy) is 1. The molecule has 1 aromatic heterocycles. The normalized spacial score (nSPS) is 24.1. The van der Waals surface area contributed by atoms with Crippen LogP contribution in [0, 0.1) is 5.92 Å². The molecule has 1 fully saturated rings. The maximum atomic E-state index is 12.0. The number of hydrogen-bond acceptors (Lipinski definition) is 4. The predicted octanol–water partition coefficient (Wildman–Crippen LogP) is -0.123. The summed E-state index contributed by atoms with van der Waals surface area (Å²) in [6.07, 6.45) is 3.66. The minimum Gasteiger partial charge on any atom is -0.480 e. The number of carboxylic acids is 1. The number of amides is 1. The number of aliphatic carboxylic acids is 1. The smallest absolute Gasteiger partial charge is 0.325 e. The zero-order chi connectivity index (χ0) is 13.8. The predicted molar refractivity (Wildman–Crippen MR) is 65.3 cm³/mol. The van der Waals surface area contributed by atoms with Crippen LogP contribution in [0.15, 0.2) is 18.5 Å². The number of rotatable bonds is 5. The molecule has 2 heterocycles. The zero-order valence-corrected chi connectivity index (χ0v) is 10.7. The van der Waals surface area contributed by atoms with Crippen LogP contribution in [0.5, 0.6) is 0 Å². The molecule has 0 aliphatic carbocycles. The number of nitrogens with one attached hydrogen (secondary N) is 1. The fourth-order valence-electron chi connectivity index (χ4n) is 2.12. The summed E-state index contributed by atoms with van der Waals surface area (Å²) in [4.78, 5) is 22.7. The van der Waals surface area contributed by atoms with Gasteiger partial charge in [0.05, 0.1) is 0 Å². The first-order valence-electron chi connectivity index (χ1n) is 6.20. The van der Waals surface area contributed by atoms with Crippen LogP contribution in [-0.4, -0.2) is 45.5 Å². The molecule has 0 spiro atoms. The van der Waals surface area contributed by atoms with E-state index in [0.717, 1.165) is 6.42 Å². The van der Waals surface area contributed by atoms with Gasteiger partial charge in [-0.05, 0) is 19.4 Å². The molecule has 1 amide bonds. The van der Waals surface area contributed by atoms with Gasteiger partial charge < -0.3 is 15.2 Å². The number of carbonyl (C=O) groups is 2. The van der Waals surface area contributed by atoms with E-state index in [1.165, 1.54) is 6.92 Å². The molecule has 7 heteroatoms. The molecule has 7 nitrogen and oxygen atoms in total. The van der Waals surface area contributed by atoms with Gasteiger partial charge in [0, 0.05) is 31.5 Å². The standard InChI is InChI=1S/C12H17N3O4/c1-8(12(17)18)14-11(16)10-9(3-6-19-10)7-15-5-2-4-13-15/h2,4-5,8-10H,3,6-7H2,1H3,(H,14,16)(H,17,18)/t8-,9-,10-/m1/s1. The molecule has 0 bridgehead atoms. The Bertz CT molecular complexity index is 446. The quantitative estimate of drug-likeness (QED) is 0.775. The third-order valence-corrected chi connectivity index (χ3v) is 3.18. The van der Waals surface area contributed by atoms with E-state index in [9.17, 15) is 9.59 Å². The van der Waals surface area contributed by atoms with Crippen molar-refractivity contribution in [2.45, 2.75) is 32.0 Å². The lowest BCUT2D eigenvalue weighted by molar-refractivity contribution is -0.143. The Kier molecular flexibility index (Phi) is 4.16. The van der Waals surface area contributed by atoms with Crippen LogP contribution in [0.1, 0.15) is 13.3 Å². The van der Waals surface area contributed by atoms with E-state index >= 15 is 0 Å². The Hall–Kier alpha value is -1.89. The Balaban J connectivity index is 1.94. The number of hydrogen-bond donors (Lipinski definition) is 2. The van der Waals surface area contributed by atoms with Crippen LogP contribution in [0.25, 0.3) is 0 Å². The highest BCUT2D eigenvalue weighted by Gasteiger charge is 2.35. The second-order valence-electron chi connectivity index (χ2n) is 4.64. The van der Waals surface area contributed by atoms with E-state index in [-0.39, 0.29) is 11.8 Å². The largest absolute Gasteiger partial charge is 0.480 e. The number of carbonyl (C=O) groups excluding carboxylic acids is 1. The average Bonchev–Trinajstić information content (AvgIpc) is 3.00. The van der Waals surface area contributed by atoms with E-state index in [1.807, 2.05) is 12.3 Å². The van der Waals surface area contributed by atoms with Crippen molar-refractivity contribution in [3.63, 3.8) is 0 Å². The first kappa shape index (κ1) is 13.5. The lowest BCUT2D eigenvalue weighted by Crippen LogP contribution is -2.46. The van der Waals surface area contributed by atoms with Crippen molar-refractivity contribution in [3.8, 4) is 0 Å². The lowest BCUT2D eigenvalue weighted by atomic mass is 10.0. The van der Waals surface area contributed by atoms with Crippen molar-refractivity contribution < 1.29 is 19.4 Å². The topological polar surface area (TPSA) is 93.5 Å². The first-order chi connectivity index (χ1) is 9.08. The van der Waals surface area contributed by atoms with Crippen LogP contribution < -0.4 is 5.32 Å². The number of carboxylic acid groups (broad SMARTS) is 1. The van der Waals surface area contributed by atoms with E-state index in [0.29, 0.717) is 13.2 Å². The van der Waals surface area contributed by atoms with Gasteiger partial charge in [0.25, 0.3) is 0 Å². The van der Waals surface area contributed by atoms with Crippen molar-refractivity contribution >= 4 is 11.9 Å². The molecular formula is C12H17N3O4. The summed E-state index contributed by atoms with van der Waals surface area (Å²) in [5.74, 6) is -1.42. The van der Waals surface area contributed by atoms with E-state index in [1.54, 1.807) is 10.9 Å². The highest BCUT2D eigenvalue weighted by atomic mass is 16.5. The minimum atomic E-state index is -1.06. The fourth-order valence-corrected chi connectivity index (χ4v) is 2.12. The zero-order valence-electron chi connectivity index (χ0n) is 10.7. The molecule has 3 atom stereocenters. The van der Waals surface area contributed by atoms with Crippen LogP contribution in [0.3, 0.4) is 0 Å². The van der Waals surface area contributed by atoms with Crippen LogP contribution >= 0.6 is 0 Å². The van der Waals surface area contributed by atoms with Gasteiger partial charge >= 0.3 is 5.97 Å². The molecular weight excluding hydrogens is 250 g/mol. The second-order valence-corrected chi connectivity index (χ2v) is 4.64. The molecule has 19 heavy (non-hydrogen) atoms. The van der Waals surface area contributed by atoms with Gasteiger partial charge in [0.2, 0.25) is 5.91 Å². The molecule has 1 aliphatic rings. The molecule has 104 valence electrons. The highest BCUT2D eigenvalue weighted by Crippen LogP contribution is 2.22. The second kappa shape index (κ2) is 5.83. The van der Waals surface area contributed by atoms with Gasteiger partial charge in [0.1, 0.15) is 12.1 Å². The summed E-state index contributed by atoms with van der Waals surface area (Å²) in [5, 5.41) is 15.3. The van der Waals surface area contributed by atoms with Crippen molar-refractivity contribution in [3.05, 3.63) is 18.5 Å². The molecule has 2 N–H and O–H groups in total. The first-order valence-corrected chi connectivity index (χ1v) is 6.20. The molecule has 1 saturated heterocycles. The summed E-state index contributed by atoms with van der Waals surface area (Å²) in [5.41, 5.74) is 0. The van der Waals surface area contributed by atoms with Gasteiger partial charge in [-0.3, -0.25) is 14.3 Å². The SMILES string of the molecule is C[C@@H](NC(=O)[C@@H]1OCC[C@@H]1Cn1cccn1)C(=O)O. The van der Waals surface area contributed by atoms with Crippen LogP contribution in [0.2, 0.25) is 0 Å². The van der Waals surface area contributed by atoms with Gasteiger partial charge in [-0.1, -0.05) is 0 Å². The van der Waals surface area contributed by atoms with Crippen molar-refractivity contribution in [1.82, 2.24) is 15.1 Å². The molecule has 0 aromatic carbocycles. The van der Waals surface area contributed by atoms with E-state index in [4.69, 9.17) is 9.84 Å². The third-order valence-electron chi connectivity index (χ3n) is 3.18. The lowest BCUT2D eigenvalue weighted by Gasteiger charge is -2.19. The maximum absolute atomic E-state index is 12.0. The van der Waals surface area contributed by atoms with E-state index < -0.39 is 18.1 Å². The summed E-state index contributed by atoms with van der Waals surface area (Å²) in [6, 6.07) is 0.902. The Morgan fingerprint density at radius 2 is 2.42 bits per heavy atom. The van der Waals surface area contributed by atoms with Crippen molar-refractivity contribution in [2.75, 3.05) is 6.61 Å². The Morgan fingerprint density at radius 1 is 1.63 bits per heavy atom. The molecule has 1 aliphatic heterocycles. The maximum Gasteiger partial charge on any atom is 0.325 e. The summed E-state index contributed by atoms with van der Waals surface area (Å²) in [7, 11) is 0. The average molecular weight is 267 g/mol. The molecule has 2 rings (SSSR count). The monoisotopic (exact) mass is 267 g/mol. The summed E-state index contributed by atoms with van der Waals surface area (Å²) < 4.78 is 7.16. The van der Waals surface area contributed by atoms with Gasteiger partial charge in [-0.25, -0.2) is 0 Å². The minimum absolute atomic E-state index is 0.0147. The molecule has 0 unspecified atom stereocenters. The molecule has 1 aromatic rings. The van der Waals surface area contributed by atoms with E-state index in [2.05, 4.69) is 10.4 Å². The van der Waals surface area contributed by atoms with Crippen LogP contribution in [0.4, 0.5) is 0 Å². The van der Waals surface area contributed by atoms with Crippen molar-refractivity contribution in [2.24, 2.45) is 5.92 Å². The van der Waals surface area contributed by atoms with Gasteiger partial charge in [-0.2, -0.15) is 5.10 Å². The number of nitrogens with zero attached hydrogens (tertiary/aromatic N) is 2. The third kappa shape index (κ3) is 3.31. The Morgan fingerprint density at radius 3 is 3.05 bits per heavy atom. The highest BCUT2D eigenvalue weighted by molar-refractivity contribution is 5.86. The number of aromatic nitrogens is 2. The molecule has 0 radical (unpaired) electrons. The van der Waals surface area contributed by atoms with Crippen LogP contribution in [-0.2, 0) is 20.9 Å². The fraction of sp³-hybridized carbons (Fsp3) is 0.583. The Labute approximate surface area is 110 Å². The summed E-state index contributed by atoms with van der Waals surface area (Å²) >= 11 is 0. The van der Waals surface area contributed by atoms with Crippen molar-refractivity contribution in [1.29, 1.82) is 0 Å². The van der Waals surface area contributed by atoms with Gasteiger partial charge in [0.15, 0.2) is 0 Å².